The van der Waals surface area contributed by atoms with Gasteiger partial charge in [-0.1, -0.05) is 12.1 Å². The summed E-state index contributed by atoms with van der Waals surface area (Å²) in [6.07, 6.45) is 3.24. The average molecular weight is 294 g/mol. The van der Waals surface area contributed by atoms with Crippen LogP contribution in [0.5, 0.6) is 0 Å². The smallest absolute Gasteiger partial charge is 0.337 e. The second-order valence-corrected chi connectivity index (χ2v) is 4.15. The van der Waals surface area contributed by atoms with Crippen molar-refractivity contribution in [3.63, 3.8) is 0 Å². The maximum atomic E-state index is 11.4. The highest BCUT2D eigenvalue weighted by Crippen LogP contribution is 2.23. The minimum absolute atomic E-state index is 0. The number of carbonyl (C=O) groups is 1. The van der Waals surface area contributed by atoms with Gasteiger partial charge in [-0.2, -0.15) is 0 Å². The van der Waals surface area contributed by atoms with Gasteiger partial charge in [0, 0.05) is 24.0 Å². The van der Waals surface area contributed by atoms with Gasteiger partial charge in [0.1, 0.15) is 0 Å². The van der Waals surface area contributed by atoms with Crippen LogP contribution in [0.25, 0.3) is 11.3 Å². The lowest BCUT2D eigenvalue weighted by atomic mass is 10.0. The maximum Gasteiger partial charge on any atom is 0.337 e. The van der Waals surface area contributed by atoms with Gasteiger partial charge in [-0.15, -0.1) is 12.4 Å². The second-order valence-electron chi connectivity index (χ2n) is 4.15. The van der Waals surface area contributed by atoms with Crippen molar-refractivity contribution in [1.29, 1.82) is 0 Å². The summed E-state index contributed by atoms with van der Waals surface area (Å²) in [6, 6.07) is 6.80. The summed E-state index contributed by atoms with van der Waals surface area (Å²) < 4.78 is 4.66. The molecule has 0 amide bonds. The van der Waals surface area contributed by atoms with E-state index in [1.807, 2.05) is 19.1 Å². The van der Waals surface area contributed by atoms with E-state index in [0.717, 1.165) is 17.0 Å². The van der Waals surface area contributed by atoms with Crippen LogP contribution in [-0.2, 0) is 4.74 Å². The summed E-state index contributed by atoms with van der Waals surface area (Å²) in [4.78, 5) is 19.9. The third-order valence-corrected chi connectivity index (χ3v) is 2.74. The second kappa shape index (κ2) is 6.98. The fraction of sp³-hybridized carbons (Fsp3) is 0.214. The lowest BCUT2D eigenvalue weighted by Crippen LogP contribution is -2.10. The van der Waals surface area contributed by atoms with Gasteiger partial charge >= 0.3 is 5.97 Å². The first kappa shape index (κ1) is 16.1. The van der Waals surface area contributed by atoms with E-state index in [-0.39, 0.29) is 24.4 Å². The van der Waals surface area contributed by atoms with Gasteiger partial charge in [0.2, 0.25) is 0 Å². The Morgan fingerprint density at radius 2 is 1.80 bits per heavy atom. The third-order valence-electron chi connectivity index (χ3n) is 2.74. The molecule has 0 radical (unpaired) electrons. The number of nitrogens with two attached hydrogens (primary N) is 1. The largest absolute Gasteiger partial charge is 0.465 e. The number of rotatable bonds is 3. The maximum absolute atomic E-state index is 11.4. The number of halogens is 1. The lowest BCUT2D eigenvalue weighted by molar-refractivity contribution is 0.0601. The zero-order valence-electron chi connectivity index (χ0n) is 11.2. The summed E-state index contributed by atoms with van der Waals surface area (Å²) in [5.41, 5.74) is 8.70. The Hall–Kier alpha value is -1.98. The minimum Gasteiger partial charge on any atom is -0.465 e. The molecule has 1 heterocycles. The molecule has 0 bridgehead atoms. The molecular weight excluding hydrogens is 278 g/mol. The standard InChI is InChI=1S/C14H15N3O2.ClH/c1-9(15)12-13(17-8-7-16-12)10-3-5-11(6-4-10)14(18)19-2;/h3-9H,15H2,1-2H3;1H. The minimum atomic E-state index is -0.363. The predicted molar refractivity (Wildman–Crippen MR) is 78.7 cm³/mol. The molecule has 20 heavy (non-hydrogen) atoms. The van der Waals surface area contributed by atoms with Crippen LogP contribution < -0.4 is 5.73 Å². The fourth-order valence-corrected chi connectivity index (χ4v) is 1.79. The van der Waals surface area contributed by atoms with Crippen molar-refractivity contribution in [2.75, 3.05) is 7.11 Å². The van der Waals surface area contributed by atoms with Gasteiger partial charge in [0.15, 0.2) is 0 Å². The molecule has 5 nitrogen and oxygen atoms in total. The molecule has 2 aromatic rings. The number of hydrogen-bond acceptors (Lipinski definition) is 5. The van der Waals surface area contributed by atoms with Crippen LogP contribution in [0.1, 0.15) is 29.0 Å². The van der Waals surface area contributed by atoms with Crippen LogP contribution in [0.15, 0.2) is 36.7 Å². The van der Waals surface area contributed by atoms with Gasteiger partial charge < -0.3 is 10.5 Å². The van der Waals surface area contributed by atoms with Crippen LogP contribution in [0, 0.1) is 0 Å². The van der Waals surface area contributed by atoms with Gasteiger partial charge in [-0.05, 0) is 19.1 Å². The molecule has 0 fully saturated rings. The van der Waals surface area contributed by atoms with Gasteiger partial charge in [0.05, 0.1) is 24.1 Å². The summed E-state index contributed by atoms with van der Waals surface area (Å²) >= 11 is 0. The van der Waals surface area contributed by atoms with E-state index in [1.54, 1.807) is 24.5 Å². The Kier molecular flexibility index (Phi) is 5.61. The molecule has 1 aromatic heterocycles. The number of benzene rings is 1. The molecular formula is C14H16ClN3O2. The van der Waals surface area contributed by atoms with Crippen LogP contribution in [0.3, 0.4) is 0 Å². The van der Waals surface area contributed by atoms with E-state index in [2.05, 4.69) is 14.7 Å². The Bertz CT molecular complexity index is 585. The van der Waals surface area contributed by atoms with Crippen molar-refractivity contribution in [3.05, 3.63) is 47.9 Å². The molecule has 1 atom stereocenters. The Morgan fingerprint density at radius 3 is 2.35 bits per heavy atom. The first-order valence-corrected chi connectivity index (χ1v) is 5.88. The highest BCUT2D eigenvalue weighted by molar-refractivity contribution is 5.89. The molecule has 0 aliphatic rings. The number of nitrogens with zero attached hydrogens (tertiary/aromatic N) is 2. The summed E-state index contributed by atoms with van der Waals surface area (Å²) in [7, 11) is 1.35. The number of hydrogen-bond donors (Lipinski definition) is 1. The Morgan fingerprint density at radius 1 is 1.20 bits per heavy atom. The first-order valence-electron chi connectivity index (χ1n) is 5.88. The molecule has 2 rings (SSSR count). The van der Waals surface area contributed by atoms with Crippen LogP contribution in [-0.4, -0.2) is 23.0 Å². The van der Waals surface area contributed by atoms with Crippen molar-refractivity contribution < 1.29 is 9.53 Å². The van der Waals surface area contributed by atoms with Crippen LogP contribution >= 0.6 is 12.4 Å². The van der Waals surface area contributed by atoms with Crippen molar-refractivity contribution in [2.45, 2.75) is 13.0 Å². The molecule has 2 N–H and O–H groups in total. The normalized spacial score (nSPS) is 11.3. The van der Waals surface area contributed by atoms with E-state index in [0.29, 0.717) is 5.56 Å². The predicted octanol–water partition coefficient (Wildman–Crippen LogP) is 2.37. The van der Waals surface area contributed by atoms with E-state index >= 15 is 0 Å². The molecule has 0 spiro atoms. The molecule has 6 heteroatoms. The molecule has 0 saturated carbocycles. The average Bonchev–Trinajstić information content (AvgIpc) is 2.46. The molecule has 106 valence electrons. The monoisotopic (exact) mass is 293 g/mol. The van der Waals surface area contributed by atoms with Crippen molar-refractivity contribution >= 4 is 18.4 Å². The van der Waals surface area contributed by atoms with Crippen LogP contribution in [0.4, 0.5) is 0 Å². The molecule has 0 saturated heterocycles. The van der Waals surface area contributed by atoms with Crippen molar-refractivity contribution in [2.24, 2.45) is 5.73 Å². The highest BCUT2D eigenvalue weighted by atomic mass is 35.5. The number of esters is 1. The van der Waals surface area contributed by atoms with E-state index in [9.17, 15) is 4.79 Å². The van der Waals surface area contributed by atoms with Gasteiger partial charge in [0.25, 0.3) is 0 Å². The third kappa shape index (κ3) is 3.31. The van der Waals surface area contributed by atoms with E-state index in [1.165, 1.54) is 7.11 Å². The van der Waals surface area contributed by atoms with Crippen molar-refractivity contribution in [3.8, 4) is 11.3 Å². The van der Waals surface area contributed by atoms with Gasteiger partial charge in [-0.25, -0.2) is 4.79 Å². The first-order chi connectivity index (χ1) is 9.13. The molecule has 1 unspecified atom stereocenters. The Balaban J connectivity index is 0.00000200. The Labute approximate surface area is 123 Å². The molecule has 1 aromatic carbocycles. The molecule has 0 aliphatic heterocycles. The summed E-state index contributed by atoms with van der Waals surface area (Å²) in [5.74, 6) is -0.363. The summed E-state index contributed by atoms with van der Waals surface area (Å²) in [5, 5.41) is 0. The number of carbonyl (C=O) groups excluding carboxylic acids is 1. The number of aromatic nitrogens is 2. The number of methoxy groups -OCH3 is 1. The number of ether oxygens (including phenoxy) is 1. The van der Waals surface area contributed by atoms with E-state index in [4.69, 9.17) is 5.73 Å². The van der Waals surface area contributed by atoms with Crippen LogP contribution in [0.2, 0.25) is 0 Å². The topological polar surface area (TPSA) is 78.1 Å². The summed E-state index contributed by atoms with van der Waals surface area (Å²) in [6.45, 7) is 1.86. The quantitative estimate of drug-likeness (QED) is 0.879. The fourth-order valence-electron chi connectivity index (χ4n) is 1.79. The lowest BCUT2D eigenvalue weighted by Gasteiger charge is -2.10. The van der Waals surface area contributed by atoms with E-state index < -0.39 is 0 Å². The van der Waals surface area contributed by atoms with Crippen molar-refractivity contribution in [1.82, 2.24) is 9.97 Å². The zero-order chi connectivity index (χ0) is 13.8. The zero-order valence-corrected chi connectivity index (χ0v) is 12.1. The highest BCUT2D eigenvalue weighted by Gasteiger charge is 2.12. The molecule has 0 aliphatic carbocycles. The SMILES string of the molecule is COC(=O)c1ccc(-c2nccnc2C(C)N)cc1.Cl. The van der Waals surface area contributed by atoms with Gasteiger partial charge in [-0.3, -0.25) is 9.97 Å².